The standard InChI is InChI=1S/C30H62N10O2.2ClH/c1-3-5-7-9-11-13-17-35-29(41)39(27(31)32)21-15-19-37-23-25-38(26-24-37)20-16-22-40(28(33)34)30(42)36-18-14-12-10-8-6-4-2;;/h3-26H2,1-2H3,(H3,31,32)(H3,33,34)(H,35,41)(H,36,42);2*1H. The average Bonchev–Trinajstić information content (AvgIpc) is 2.96. The Morgan fingerprint density at radius 1 is 0.591 bits per heavy atom. The minimum atomic E-state index is -0.281. The summed E-state index contributed by atoms with van der Waals surface area (Å²) >= 11 is 0. The first-order valence-electron chi connectivity index (χ1n) is 16.5. The summed E-state index contributed by atoms with van der Waals surface area (Å²) in [5.41, 5.74) is 11.4. The van der Waals surface area contributed by atoms with E-state index in [1.807, 2.05) is 0 Å². The van der Waals surface area contributed by atoms with Gasteiger partial charge in [0.1, 0.15) is 0 Å². The number of amides is 4. The van der Waals surface area contributed by atoms with E-state index in [2.05, 4.69) is 34.3 Å². The van der Waals surface area contributed by atoms with Crippen LogP contribution in [0.3, 0.4) is 0 Å². The highest BCUT2D eigenvalue weighted by molar-refractivity contribution is 5.94. The highest BCUT2D eigenvalue weighted by Gasteiger charge is 2.20. The average molecular weight is 668 g/mol. The molecule has 4 amide bonds. The van der Waals surface area contributed by atoms with Crippen LogP contribution in [0.2, 0.25) is 0 Å². The molecule has 1 fully saturated rings. The molecular weight excluding hydrogens is 603 g/mol. The Kier molecular flexibility index (Phi) is 28.5. The van der Waals surface area contributed by atoms with Crippen molar-refractivity contribution in [2.45, 2.75) is 104 Å². The Hall–Kier alpha value is -2.02. The van der Waals surface area contributed by atoms with E-state index in [-0.39, 0.29) is 48.8 Å². The molecule has 14 heteroatoms. The molecule has 0 bridgehead atoms. The van der Waals surface area contributed by atoms with Gasteiger partial charge in [0.25, 0.3) is 0 Å². The zero-order valence-electron chi connectivity index (χ0n) is 27.5. The molecule has 0 radical (unpaired) electrons. The molecule has 260 valence electrons. The number of hydrogen-bond donors (Lipinski definition) is 6. The third-order valence-corrected chi connectivity index (χ3v) is 7.86. The lowest BCUT2D eigenvalue weighted by atomic mass is 10.1. The largest absolute Gasteiger partial charge is 0.370 e. The fourth-order valence-electron chi connectivity index (χ4n) is 5.20. The van der Waals surface area contributed by atoms with Gasteiger partial charge in [0.15, 0.2) is 11.9 Å². The second kappa shape index (κ2) is 28.5. The number of carbonyl (C=O) groups is 2. The normalized spacial score (nSPS) is 13.3. The Morgan fingerprint density at radius 3 is 1.23 bits per heavy atom. The Labute approximate surface area is 279 Å². The van der Waals surface area contributed by atoms with Crippen LogP contribution < -0.4 is 22.1 Å². The quantitative estimate of drug-likeness (QED) is 0.0552. The highest BCUT2D eigenvalue weighted by atomic mass is 35.5. The van der Waals surface area contributed by atoms with Crippen molar-refractivity contribution >= 4 is 48.8 Å². The number of nitrogens with zero attached hydrogens (tertiary/aromatic N) is 4. The number of urea groups is 2. The van der Waals surface area contributed by atoms with Gasteiger partial charge in [0.05, 0.1) is 0 Å². The second-order valence-corrected chi connectivity index (χ2v) is 11.5. The summed E-state index contributed by atoms with van der Waals surface area (Å²) in [5, 5.41) is 21.4. The van der Waals surface area contributed by atoms with Crippen LogP contribution >= 0.6 is 24.8 Å². The summed E-state index contributed by atoms with van der Waals surface area (Å²) < 4.78 is 0. The van der Waals surface area contributed by atoms with E-state index in [0.717, 1.165) is 77.8 Å². The molecule has 0 atom stereocenters. The number of nitrogens with one attached hydrogen (secondary N) is 4. The molecule has 0 saturated carbocycles. The fraction of sp³-hybridized carbons (Fsp3) is 0.867. The van der Waals surface area contributed by atoms with Gasteiger partial charge in [-0.2, -0.15) is 0 Å². The van der Waals surface area contributed by atoms with E-state index >= 15 is 0 Å². The predicted octanol–water partition coefficient (Wildman–Crippen LogP) is 4.76. The highest BCUT2D eigenvalue weighted by Crippen LogP contribution is 2.07. The minimum absolute atomic E-state index is 0. The van der Waals surface area contributed by atoms with Crippen LogP contribution in [0, 0.1) is 10.8 Å². The van der Waals surface area contributed by atoms with Crippen LogP contribution in [0.15, 0.2) is 0 Å². The van der Waals surface area contributed by atoms with E-state index in [9.17, 15) is 9.59 Å². The lowest BCUT2D eigenvalue weighted by Crippen LogP contribution is -2.50. The van der Waals surface area contributed by atoms with Crippen molar-refractivity contribution in [2.75, 3.05) is 65.4 Å². The van der Waals surface area contributed by atoms with Crippen molar-refractivity contribution in [3.05, 3.63) is 0 Å². The van der Waals surface area contributed by atoms with Gasteiger partial charge in [-0.15, -0.1) is 24.8 Å². The number of nitrogens with two attached hydrogens (primary N) is 2. The number of halogens is 2. The molecule has 8 N–H and O–H groups in total. The van der Waals surface area contributed by atoms with E-state index in [0.29, 0.717) is 26.2 Å². The van der Waals surface area contributed by atoms with Crippen molar-refractivity contribution in [3.8, 4) is 0 Å². The Bertz CT molecular complexity index is 708. The maximum absolute atomic E-state index is 12.5. The topological polar surface area (TPSA) is 171 Å². The molecule has 1 rings (SSSR count). The molecule has 0 aliphatic carbocycles. The maximum atomic E-state index is 12.5. The molecule has 1 aliphatic heterocycles. The van der Waals surface area contributed by atoms with E-state index in [1.54, 1.807) is 0 Å². The molecule has 0 aromatic rings. The third kappa shape index (κ3) is 20.8. The molecule has 0 aromatic carbocycles. The minimum Gasteiger partial charge on any atom is -0.370 e. The smallest absolute Gasteiger partial charge is 0.324 e. The lowest BCUT2D eigenvalue weighted by molar-refractivity contribution is 0.127. The van der Waals surface area contributed by atoms with Gasteiger partial charge in [-0.05, 0) is 38.8 Å². The number of unbranched alkanes of at least 4 members (excludes halogenated alkanes) is 10. The zero-order chi connectivity index (χ0) is 31.0. The number of hydrogen-bond acceptors (Lipinski definition) is 6. The van der Waals surface area contributed by atoms with Crippen molar-refractivity contribution < 1.29 is 9.59 Å². The van der Waals surface area contributed by atoms with Crippen molar-refractivity contribution in [3.63, 3.8) is 0 Å². The Morgan fingerprint density at radius 2 is 0.909 bits per heavy atom. The van der Waals surface area contributed by atoms with Crippen molar-refractivity contribution in [2.24, 2.45) is 11.5 Å². The van der Waals surface area contributed by atoms with Gasteiger partial charge in [0, 0.05) is 52.4 Å². The van der Waals surface area contributed by atoms with Gasteiger partial charge in [-0.25, -0.2) is 9.59 Å². The Balaban J connectivity index is 0. The molecule has 1 heterocycles. The summed E-state index contributed by atoms with van der Waals surface area (Å²) in [7, 11) is 0. The first-order valence-corrected chi connectivity index (χ1v) is 16.5. The van der Waals surface area contributed by atoms with Crippen LogP contribution in [-0.2, 0) is 0 Å². The lowest BCUT2D eigenvalue weighted by Gasteiger charge is -2.35. The molecule has 0 unspecified atom stereocenters. The molecule has 44 heavy (non-hydrogen) atoms. The van der Waals surface area contributed by atoms with Gasteiger partial charge in [-0.1, -0.05) is 78.1 Å². The predicted molar refractivity (Wildman–Crippen MR) is 187 cm³/mol. The van der Waals surface area contributed by atoms with E-state index in [1.165, 1.54) is 61.2 Å². The maximum Gasteiger partial charge on any atom is 0.324 e. The van der Waals surface area contributed by atoms with Crippen LogP contribution in [0.5, 0.6) is 0 Å². The van der Waals surface area contributed by atoms with Gasteiger partial charge in [-0.3, -0.25) is 20.6 Å². The zero-order valence-corrected chi connectivity index (χ0v) is 29.2. The summed E-state index contributed by atoms with van der Waals surface area (Å²) in [6.07, 6.45) is 15.5. The summed E-state index contributed by atoms with van der Waals surface area (Å²) in [6.45, 7) is 11.9. The SMILES string of the molecule is CCCCCCCCNC(=O)N(CCCN1CCN(CCCN(C(=N)N)C(=O)NCCCCCCCC)CC1)C(=N)N.Cl.Cl. The summed E-state index contributed by atoms with van der Waals surface area (Å²) in [4.78, 5) is 32.4. The second-order valence-electron chi connectivity index (χ2n) is 11.5. The molecule has 1 aliphatic rings. The third-order valence-electron chi connectivity index (χ3n) is 7.86. The van der Waals surface area contributed by atoms with Gasteiger partial charge < -0.3 is 31.9 Å². The molecule has 0 spiro atoms. The number of carbonyl (C=O) groups excluding carboxylic acids is 2. The monoisotopic (exact) mass is 666 g/mol. The molecular formula is C30H64Cl2N10O2. The van der Waals surface area contributed by atoms with Crippen molar-refractivity contribution in [1.29, 1.82) is 10.8 Å². The van der Waals surface area contributed by atoms with Crippen LogP contribution in [0.4, 0.5) is 9.59 Å². The first-order chi connectivity index (χ1) is 20.3. The summed E-state index contributed by atoms with van der Waals surface area (Å²) in [5.74, 6) is -0.424. The van der Waals surface area contributed by atoms with Crippen molar-refractivity contribution in [1.82, 2.24) is 30.2 Å². The number of rotatable bonds is 22. The number of guanidine groups is 2. The van der Waals surface area contributed by atoms with Crippen LogP contribution in [-0.4, -0.2) is 109 Å². The van der Waals surface area contributed by atoms with Crippen LogP contribution in [0.1, 0.15) is 104 Å². The van der Waals surface area contributed by atoms with Gasteiger partial charge in [0.2, 0.25) is 0 Å². The molecule has 1 saturated heterocycles. The summed E-state index contributed by atoms with van der Waals surface area (Å²) in [6, 6.07) is -0.562. The van der Waals surface area contributed by atoms with Gasteiger partial charge >= 0.3 is 12.1 Å². The molecule has 0 aromatic heterocycles. The fourth-order valence-corrected chi connectivity index (χ4v) is 5.20. The number of piperazine rings is 1. The van der Waals surface area contributed by atoms with E-state index in [4.69, 9.17) is 22.3 Å². The molecule has 12 nitrogen and oxygen atoms in total. The first kappa shape index (κ1) is 44.1. The van der Waals surface area contributed by atoms with Crippen LogP contribution in [0.25, 0.3) is 0 Å². The van der Waals surface area contributed by atoms with E-state index < -0.39 is 0 Å².